The molecule has 0 amide bonds. The lowest BCUT2D eigenvalue weighted by molar-refractivity contribution is 0.0763. The van der Waals surface area contributed by atoms with E-state index in [0.717, 1.165) is 16.4 Å². The van der Waals surface area contributed by atoms with Gasteiger partial charge in [-0.15, -0.1) is 0 Å². The lowest BCUT2D eigenvalue weighted by Crippen LogP contribution is -2.42. The SMILES string of the molecule is N#CC1CN(c2cc(Br)ccc2C=O)CCO1. The van der Waals surface area contributed by atoms with Crippen LogP contribution in [0.2, 0.25) is 0 Å². The molecule has 17 heavy (non-hydrogen) atoms. The fourth-order valence-electron chi connectivity index (χ4n) is 1.84. The van der Waals surface area contributed by atoms with Gasteiger partial charge in [0, 0.05) is 22.3 Å². The van der Waals surface area contributed by atoms with E-state index in [9.17, 15) is 4.79 Å². The van der Waals surface area contributed by atoms with Crippen molar-refractivity contribution in [3.8, 4) is 6.07 Å². The summed E-state index contributed by atoms with van der Waals surface area (Å²) in [5, 5.41) is 8.86. The van der Waals surface area contributed by atoms with Gasteiger partial charge in [-0.1, -0.05) is 15.9 Å². The first-order valence-corrected chi connectivity index (χ1v) is 6.05. The highest BCUT2D eigenvalue weighted by atomic mass is 79.9. The molecule has 0 bridgehead atoms. The van der Waals surface area contributed by atoms with Crippen molar-refractivity contribution in [3.05, 3.63) is 28.2 Å². The first-order valence-electron chi connectivity index (χ1n) is 5.25. The molecule has 1 unspecified atom stereocenters. The number of halogens is 1. The minimum Gasteiger partial charge on any atom is -0.365 e. The van der Waals surface area contributed by atoms with Crippen molar-refractivity contribution in [2.75, 3.05) is 24.6 Å². The highest BCUT2D eigenvalue weighted by molar-refractivity contribution is 9.10. The first-order chi connectivity index (χ1) is 8.24. The molecule has 1 aromatic carbocycles. The Morgan fingerprint density at radius 1 is 1.59 bits per heavy atom. The normalized spacial score (nSPS) is 19.8. The van der Waals surface area contributed by atoms with E-state index in [1.807, 2.05) is 17.0 Å². The molecule has 1 aliphatic rings. The van der Waals surface area contributed by atoms with Crippen LogP contribution in [0, 0.1) is 11.3 Å². The van der Waals surface area contributed by atoms with E-state index >= 15 is 0 Å². The third-order valence-corrected chi connectivity index (χ3v) is 3.16. The molecule has 0 radical (unpaired) electrons. The average Bonchev–Trinajstić information content (AvgIpc) is 2.39. The van der Waals surface area contributed by atoms with E-state index in [-0.39, 0.29) is 0 Å². The van der Waals surface area contributed by atoms with E-state index in [1.54, 1.807) is 6.07 Å². The van der Waals surface area contributed by atoms with Gasteiger partial charge in [-0.3, -0.25) is 4.79 Å². The van der Waals surface area contributed by atoms with Crippen LogP contribution >= 0.6 is 15.9 Å². The molecule has 0 aromatic heterocycles. The molecule has 1 aromatic rings. The monoisotopic (exact) mass is 294 g/mol. The zero-order chi connectivity index (χ0) is 12.3. The van der Waals surface area contributed by atoms with Gasteiger partial charge in [0.25, 0.3) is 0 Å². The van der Waals surface area contributed by atoms with Crippen LogP contribution < -0.4 is 4.90 Å². The number of aldehydes is 1. The van der Waals surface area contributed by atoms with E-state index in [0.29, 0.717) is 25.3 Å². The molecule has 1 saturated heterocycles. The number of benzene rings is 1. The van der Waals surface area contributed by atoms with Gasteiger partial charge in [0.1, 0.15) is 0 Å². The topological polar surface area (TPSA) is 53.3 Å². The standard InChI is InChI=1S/C12H11BrN2O2/c13-10-2-1-9(8-16)12(5-10)15-3-4-17-11(6-14)7-15/h1-2,5,8,11H,3-4,7H2. The lowest BCUT2D eigenvalue weighted by Gasteiger charge is -2.32. The molecule has 1 heterocycles. The Kier molecular flexibility index (Phi) is 3.77. The Labute approximate surface area is 108 Å². The smallest absolute Gasteiger partial charge is 0.161 e. The highest BCUT2D eigenvalue weighted by Crippen LogP contribution is 2.25. The van der Waals surface area contributed by atoms with Crippen LogP contribution in [0.5, 0.6) is 0 Å². The Morgan fingerprint density at radius 2 is 2.41 bits per heavy atom. The number of nitrogens with zero attached hydrogens (tertiary/aromatic N) is 2. The van der Waals surface area contributed by atoms with Gasteiger partial charge >= 0.3 is 0 Å². The second kappa shape index (κ2) is 5.30. The largest absolute Gasteiger partial charge is 0.365 e. The van der Waals surface area contributed by atoms with Gasteiger partial charge in [-0.2, -0.15) is 5.26 Å². The number of ether oxygens (including phenoxy) is 1. The molecule has 0 saturated carbocycles. The van der Waals surface area contributed by atoms with Crippen molar-refractivity contribution in [1.29, 1.82) is 5.26 Å². The molecule has 1 aliphatic heterocycles. The molecule has 1 atom stereocenters. The van der Waals surface area contributed by atoms with Gasteiger partial charge in [-0.25, -0.2) is 0 Å². The van der Waals surface area contributed by atoms with E-state index in [1.165, 1.54) is 0 Å². The molecule has 0 spiro atoms. The van der Waals surface area contributed by atoms with Crippen molar-refractivity contribution in [2.45, 2.75) is 6.10 Å². The van der Waals surface area contributed by atoms with Crippen LogP contribution in [0.4, 0.5) is 5.69 Å². The predicted octanol–water partition coefficient (Wildman–Crippen LogP) is 1.99. The molecule has 88 valence electrons. The summed E-state index contributed by atoms with van der Waals surface area (Å²) < 4.78 is 6.19. The number of anilines is 1. The molecule has 4 nitrogen and oxygen atoms in total. The average molecular weight is 295 g/mol. The molecular formula is C12H11BrN2O2. The maximum Gasteiger partial charge on any atom is 0.161 e. The first kappa shape index (κ1) is 12.1. The second-order valence-electron chi connectivity index (χ2n) is 3.76. The van der Waals surface area contributed by atoms with Crippen molar-refractivity contribution in [2.24, 2.45) is 0 Å². The highest BCUT2D eigenvalue weighted by Gasteiger charge is 2.21. The van der Waals surface area contributed by atoms with Crippen molar-refractivity contribution >= 4 is 27.9 Å². The summed E-state index contributed by atoms with van der Waals surface area (Å²) in [6, 6.07) is 7.58. The molecular weight excluding hydrogens is 284 g/mol. The zero-order valence-electron chi connectivity index (χ0n) is 9.10. The molecule has 0 N–H and O–H groups in total. The minimum atomic E-state index is -0.428. The number of hydrogen-bond acceptors (Lipinski definition) is 4. The Balaban J connectivity index is 2.29. The summed E-state index contributed by atoms with van der Waals surface area (Å²) in [7, 11) is 0. The zero-order valence-corrected chi connectivity index (χ0v) is 10.7. The number of carbonyl (C=O) groups excluding carboxylic acids is 1. The van der Waals surface area contributed by atoms with E-state index in [2.05, 4.69) is 22.0 Å². The maximum absolute atomic E-state index is 11.0. The molecule has 1 fully saturated rings. The summed E-state index contributed by atoms with van der Waals surface area (Å²) in [4.78, 5) is 13.0. The number of carbonyl (C=O) groups is 1. The van der Waals surface area contributed by atoms with Gasteiger partial charge in [-0.05, 0) is 18.2 Å². The molecule has 5 heteroatoms. The molecule has 0 aliphatic carbocycles. The third kappa shape index (κ3) is 2.65. The van der Waals surface area contributed by atoms with Crippen LogP contribution in [-0.2, 0) is 4.74 Å². The van der Waals surface area contributed by atoms with E-state index < -0.39 is 6.10 Å². The van der Waals surface area contributed by atoms with Gasteiger partial charge in [0.05, 0.1) is 19.2 Å². The van der Waals surface area contributed by atoms with Gasteiger partial charge in [0.2, 0.25) is 0 Å². The van der Waals surface area contributed by atoms with E-state index in [4.69, 9.17) is 10.00 Å². The minimum absolute atomic E-state index is 0.428. The summed E-state index contributed by atoms with van der Waals surface area (Å²) in [5.74, 6) is 0. The van der Waals surface area contributed by atoms with Crippen LogP contribution in [-0.4, -0.2) is 32.1 Å². The number of morpholine rings is 1. The van der Waals surface area contributed by atoms with Gasteiger partial charge in [0.15, 0.2) is 12.4 Å². The summed E-state index contributed by atoms with van der Waals surface area (Å²) >= 11 is 3.39. The Hall–Kier alpha value is -1.38. The van der Waals surface area contributed by atoms with Crippen molar-refractivity contribution in [1.82, 2.24) is 0 Å². The van der Waals surface area contributed by atoms with Gasteiger partial charge < -0.3 is 9.64 Å². The fourth-order valence-corrected chi connectivity index (χ4v) is 2.19. The third-order valence-electron chi connectivity index (χ3n) is 2.67. The fraction of sp³-hybridized carbons (Fsp3) is 0.333. The van der Waals surface area contributed by atoms with Crippen molar-refractivity contribution in [3.63, 3.8) is 0 Å². The summed E-state index contributed by atoms with van der Waals surface area (Å²) in [5.41, 5.74) is 1.48. The summed E-state index contributed by atoms with van der Waals surface area (Å²) in [6.45, 7) is 1.69. The van der Waals surface area contributed by atoms with Crippen LogP contribution in [0.15, 0.2) is 22.7 Å². The Morgan fingerprint density at radius 3 is 3.12 bits per heavy atom. The maximum atomic E-state index is 11.0. The van der Waals surface area contributed by atoms with Crippen LogP contribution in [0.1, 0.15) is 10.4 Å². The number of nitriles is 1. The lowest BCUT2D eigenvalue weighted by atomic mass is 10.1. The quantitative estimate of drug-likeness (QED) is 0.783. The second-order valence-corrected chi connectivity index (χ2v) is 4.67. The van der Waals surface area contributed by atoms with Crippen LogP contribution in [0.3, 0.4) is 0 Å². The Bertz CT molecular complexity index is 470. The van der Waals surface area contributed by atoms with Crippen LogP contribution in [0.25, 0.3) is 0 Å². The molecule has 2 rings (SSSR count). The predicted molar refractivity (Wildman–Crippen MR) is 67.1 cm³/mol. The number of rotatable bonds is 2. The van der Waals surface area contributed by atoms with Crippen molar-refractivity contribution < 1.29 is 9.53 Å². The summed E-state index contributed by atoms with van der Waals surface area (Å²) in [6.07, 6.45) is 0.403. The number of hydrogen-bond donors (Lipinski definition) is 0.